The second kappa shape index (κ2) is 20.5. The van der Waals surface area contributed by atoms with E-state index >= 15 is 0 Å². The van der Waals surface area contributed by atoms with Gasteiger partial charge < -0.3 is 20.1 Å². The van der Waals surface area contributed by atoms with E-state index < -0.39 is 0 Å². The summed E-state index contributed by atoms with van der Waals surface area (Å²) in [6.45, 7) is 10.1. The fourth-order valence-electron chi connectivity index (χ4n) is 7.03. The number of ether oxygens (including phenoxy) is 2. The number of piperidine rings is 2. The topological polar surface area (TPSA) is 74.8 Å². The molecule has 0 unspecified atom stereocenters. The second-order valence-corrected chi connectivity index (χ2v) is 16.3. The van der Waals surface area contributed by atoms with Crippen LogP contribution in [0, 0.1) is 0 Å². The molecule has 0 radical (unpaired) electrons. The molecule has 10 heteroatoms. The molecule has 0 spiro atoms. The van der Waals surface area contributed by atoms with Gasteiger partial charge in [-0.05, 0) is 124 Å². The highest BCUT2D eigenvalue weighted by Gasteiger charge is 2.12. The lowest BCUT2D eigenvalue weighted by Crippen LogP contribution is -2.29. The molecule has 2 aliphatic rings. The van der Waals surface area contributed by atoms with E-state index in [-0.39, 0.29) is 0 Å². The van der Waals surface area contributed by atoms with Gasteiger partial charge in [-0.3, -0.25) is 9.80 Å². The number of anilines is 2. The Morgan fingerprint density at radius 2 is 0.963 bits per heavy atom. The van der Waals surface area contributed by atoms with Crippen molar-refractivity contribution in [2.45, 2.75) is 64.5 Å². The fraction of sp³-hybridized carbons (Fsp3) is 0.409. The Hall–Kier alpha value is -4.22. The Bertz CT molecular complexity index is 1790. The third-order valence-corrected chi connectivity index (χ3v) is 11.8. The molecular formula is C44H54N6O2S2. The summed E-state index contributed by atoms with van der Waals surface area (Å²) in [4.78, 5) is 14.3. The Labute approximate surface area is 328 Å². The minimum Gasteiger partial charge on any atom is -0.494 e. The Kier molecular flexibility index (Phi) is 14.4. The summed E-state index contributed by atoms with van der Waals surface area (Å²) in [7, 11) is 0. The average Bonchev–Trinajstić information content (AvgIpc) is 3.83. The van der Waals surface area contributed by atoms with Gasteiger partial charge in [0.05, 0.1) is 33.6 Å². The van der Waals surface area contributed by atoms with Crippen LogP contribution < -0.4 is 20.1 Å². The van der Waals surface area contributed by atoms with E-state index in [2.05, 4.69) is 115 Å². The van der Waals surface area contributed by atoms with Crippen LogP contribution in [0.15, 0.2) is 97.1 Å². The van der Waals surface area contributed by atoms with E-state index in [9.17, 15) is 0 Å². The normalized spacial score (nSPS) is 15.1. The summed E-state index contributed by atoms with van der Waals surface area (Å²) in [5, 5.41) is 8.79. The highest BCUT2D eigenvalue weighted by Crippen LogP contribution is 2.26. The van der Waals surface area contributed by atoms with E-state index in [0.717, 1.165) is 71.8 Å². The van der Waals surface area contributed by atoms with Gasteiger partial charge in [-0.15, -0.1) is 0 Å². The highest BCUT2D eigenvalue weighted by molar-refractivity contribution is 7.22. The van der Waals surface area contributed by atoms with Crippen molar-refractivity contribution in [3.8, 4) is 11.5 Å². The first-order valence-electron chi connectivity index (χ1n) is 19.8. The summed E-state index contributed by atoms with van der Waals surface area (Å²) >= 11 is 3.40. The van der Waals surface area contributed by atoms with Crippen molar-refractivity contribution in [1.82, 2.24) is 19.8 Å². The van der Waals surface area contributed by atoms with Crippen molar-refractivity contribution in [3.63, 3.8) is 0 Å². The van der Waals surface area contributed by atoms with Gasteiger partial charge in [-0.25, -0.2) is 9.97 Å². The van der Waals surface area contributed by atoms with Crippen molar-refractivity contribution in [2.75, 3.05) is 63.1 Å². The molecule has 0 bridgehead atoms. The van der Waals surface area contributed by atoms with Crippen LogP contribution in [0.5, 0.6) is 11.5 Å². The summed E-state index contributed by atoms with van der Waals surface area (Å²) in [5.41, 5.74) is 4.82. The molecule has 2 fully saturated rings. The van der Waals surface area contributed by atoms with Gasteiger partial charge in [0.25, 0.3) is 0 Å². The molecule has 4 heterocycles. The molecule has 2 aromatic heterocycles. The summed E-state index contributed by atoms with van der Waals surface area (Å²) in [6, 6.07) is 33.6. The molecule has 2 N–H and O–H groups in total. The standard InChI is InChI=1S/2C22H27N3OS/c2*1-4-13-25(14-5-1)17-18-8-6-9-19(16-18)26-15-7-12-23-22-24-20-10-2-3-11-21(20)27-22/h2*2-3,6,8-11,16H,1,4-5,7,12-15,17H2,(H,23,24). The number of hydrogen-bond acceptors (Lipinski definition) is 10. The van der Waals surface area contributed by atoms with Crippen molar-refractivity contribution < 1.29 is 9.47 Å². The van der Waals surface area contributed by atoms with Gasteiger partial charge in [0.15, 0.2) is 10.3 Å². The molecular weight excluding hydrogens is 709 g/mol. The Balaban J connectivity index is 0.000000167. The number of benzene rings is 4. The number of nitrogens with one attached hydrogen (secondary N) is 2. The maximum Gasteiger partial charge on any atom is 0.183 e. The van der Waals surface area contributed by atoms with Crippen LogP contribution in [0.4, 0.5) is 10.3 Å². The summed E-state index contributed by atoms with van der Waals surface area (Å²) in [5.74, 6) is 1.95. The van der Waals surface area contributed by atoms with Crippen LogP contribution in [0.3, 0.4) is 0 Å². The number of rotatable bonds is 16. The van der Waals surface area contributed by atoms with Crippen LogP contribution in [0.1, 0.15) is 62.5 Å². The molecule has 8 nitrogen and oxygen atoms in total. The van der Waals surface area contributed by atoms with Crippen molar-refractivity contribution in [3.05, 3.63) is 108 Å². The molecule has 2 aliphatic heterocycles. The molecule has 0 amide bonds. The van der Waals surface area contributed by atoms with Crippen molar-refractivity contribution in [2.24, 2.45) is 0 Å². The average molecular weight is 763 g/mol. The molecule has 0 saturated carbocycles. The number of hydrogen-bond donors (Lipinski definition) is 2. The smallest absolute Gasteiger partial charge is 0.183 e. The predicted octanol–water partition coefficient (Wildman–Crippen LogP) is 10.3. The number of fused-ring (bicyclic) bond motifs is 2. The van der Waals surface area contributed by atoms with Crippen molar-refractivity contribution >= 4 is 53.4 Å². The van der Waals surface area contributed by atoms with E-state index in [1.54, 1.807) is 22.7 Å². The van der Waals surface area contributed by atoms with Crippen LogP contribution in [-0.2, 0) is 13.1 Å². The molecule has 4 aromatic carbocycles. The lowest BCUT2D eigenvalue weighted by molar-refractivity contribution is 0.220. The third kappa shape index (κ3) is 11.9. The first kappa shape index (κ1) is 38.1. The largest absolute Gasteiger partial charge is 0.494 e. The highest BCUT2D eigenvalue weighted by atomic mass is 32.1. The minimum absolute atomic E-state index is 0.713. The van der Waals surface area contributed by atoms with Gasteiger partial charge in [-0.2, -0.15) is 0 Å². The van der Waals surface area contributed by atoms with Gasteiger partial charge in [0.2, 0.25) is 0 Å². The van der Waals surface area contributed by atoms with E-state index in [4.69, 9.17) is 9.47 Å². The third-order valence-electron chi connectivity index (χ3n) is 9.83. The van der Waals surface area contributed by atoms with Gasteiger partial charge in [0.1, 0.15) is 11.5 Å². The quantitative estimate of drug-likeness (QED) is 0.0945. The first-order valence-corrected chi connectivity index (χ1v) is 21.4. The molecule has 284 valence electrons. The first-order chi connectivity index (χ1) is 26.7. The Morgan fingerprint density at radius 1 is 0.519 bits per heavy atom. The molecule has 6 aromatic rings. The fourth-order valence-corrected chi connectivity index (χ4v) is 8.81. The monoisotopic (exact) mass is 762 g/mol. The van der Waals surface area contributed by atoms with Crippen LogP contribution in [-0.4, -0.2) is 72.3 Å². The van der Waals surface area contributed by atoms with E-state index in [1.807, 2.05) is 12.1 Å². The molecule has 0 atom stereocenters. The number of likely N-dealkylation sites (tertiary alicyclic amines) is 2. The van der Waals surface area contributed by atoms with Crippen LogP contribution in [0.2, 0.25) is 0 Å². The maximum atomic E-state index is 5.96. The summed E-state index contributed by atoms with van der Waals surface area (Å²) in [6.07, 6.45) is 9.99. The lowest BCUT2D eigenvalue weighted by Gasteiger charge is -2.26. The van der Waals surface area contributed by atoms with E-state index in [0.29, 0.717) is 13.2 Å². The zero-order valence-electron chi connectivity index (χ0n) is 31.4. The molecule has 0 aliphatic carbocycles. The number of nitrogens with zero attached hydrogens (tertiary/aromatic N) is 4. The minimum atomic E-state index is 0.713. The number of thiazole rings is 2. The Morgan fingerprint density at radius 3 is 1.41 bits per heavy atom. The molecule has 2 saturated heterocycles. The predicted molar refractivity (Wildman–Crippen MR) is 228 cm³/mol. The zero-order chi connectivity index (χ0) is 36.6. The van der Waals surface area contributed by atoms with Crippen molar-refractivity contribution in [1.29, 1.82) is 0 Å². The lowest BCUT2D eigenvalue weighted by atomic mass is 10.1. The van der Waals surface area contributed by atoms with E-state index in [1.165, 1.54) is 85.2 Å². The van der Waals surface area contributed by atoms with Crippen LogP contribution >= 0.6 is 22.7 Å². The second-order valence-electron chi connectivity index (χ2n) is 14.2. The van der Waals surface area contributed by atoms with Gasteiger partial charge in [0, 0.05) is 26.2 Å². The number of aromatic nitrogens is 2. The number of para-hydroxylation sites is 2. The SMILES string of the molecule is c1cc(CN2CCCCC2)cc(OCCCNc2nc3ccccc3s2)c1.c1cc(CN2CCCCC2)cc(OCCCNc2nc3ccccc3s2)c1. The maximum absolute atomic E-state index is 5.96. The summed E-state index contributed by atoms with van der Waals surface area (Å²) < 4.78 is 14.4. The van der Waals surface area contributed by atoms with Gasteiger partial charge >= 0.3 is 0 Å². The van der Waals surface area contributed by atoms with Crippen LogP contribution in [0.25, 0.3) is 20.4 Å². The zero-order valence-corrected chi connectivity index (χ0v) is 33.0. The van der Waals surface area contributed by atoms with Gasteiger partial charge in [-0.1, -0.05) is 84.0 Å². The molecule has 54 heavy (non-hydrogen) atoms. The molecule has 8 rings (SSSR count).